The molecule has 298 valence electrons. The highest BCUT2D eigenvalue weighted by molar-refractivity contribution is 5.86. The number of unbranched alkanes of at least 4 members (excludes halogenated alkanes) is 1. The average Bonchev–Trinajstić information content (AvgIpc) is 3.96. The Bertz CT molecular complexity index is 2080. The molecule has 56 heavy (non-hydrogen) atoms. The molecular formula is C42H54N8O6. The number of ether oxygens (including phenoxy) is 2. The van der Waals surface area contributed by atoms with E-state index in [-0.39, 0.29) is 30.3 Å². The molecule has 1 aliphatic heterocycles. The minimum atomic E-state index is -0.679. The second-order valence-electron chi connectivity index (χ2n) is 14.4. The predicted octanol–water partition coefficient (Wildman–Crippen LogP) is 5.71. The van der Waals surface area contributed by atoms with Crippen molar-refractivity contribution in [3.8, 4) is 23.1 Å². The lowest BCUT2D eigenvalue weighted by molar-refractivity contribution is -0.135. The third-order valence-electron chi connectivity index (χ3n) is 9.67. The van der Waals surface area contributed by atoms with Crippen LogP contribution in [0.4, 0.5) is 9.59 Å². The van der Waals surface area contributed by atoms with Gasteiger partial charge < -0.3 is 40.3 Å². The molecule has 14 nitrogen and oxygen atoms in total. The lowest BCUT2D eigenvalue weighted by Crippen LogP contribution is -2.51. The SMILES string of the molecule is CCC.COC(=O)NCC(=O)NCCCCc1nc2ccc(C#Cc3ccc4c(c3)CCc3[nH]c(C5CCCN5C(=O)C(NC(=O)OC)C(C)C)nc3-4)cc2[nH]1. The van der Waals surface area contributed by atoms with E-state index in [1.165, 1.54) is 26.2 Å². The molecule has 3 heterocycles. The molecule has 2 atom stereocenters. The molecule has 6 rings (SSSR count). The summed E-state index contributed by atoms with van der Waals surface area (Å²) in [6.07, 6.45) is 5.68. The fraction of sp³-hybridized carbons (Fsp3) is 0.476. The number of carbonyl (C=O) groups is 4. The fourth-order valence-electron chi connectivity index (χ4n) is 6.89. The van der Waals surface area contributed by atoms with Crippen molar-refractivity contribution in [1.29, 1.82) is 0 Å². The summed E-state index contributed by atoms with van der Waals surface area (Å²) in [6.45, 7) is 9.07. The number of hydrogen-bond donors (Lipinski definition) is 5. The van der Waals surface area contributed by atoms with Gasteiger partial charge in [0, 0.05) is 41.9 Å². The highest BCUT2D eigenvalue weighted by Crippen LogP contribution is 2.37. The minimum absolute atomic E-state index is 0.0977. The first kappa shape index (κ1) is 41.3. The van der Waals surface area contributed by atoms with E-state index in [4.69, 9.17) is 14.7 Å². The molecule has 0 spiro atoms. The van der Waals surface area contributed by atoms with Crippen LogP contribution in [0.2, 0.25) is 0 Å². The predicted molar refractivity (Wildman–Crippen MR) is 214 cm³/mol. The van der Waals surface area contributed by atoms with Crippen LogP contribution in [0.5, 0.6) is 0 Å². The Hall–Kier alpha value is -5.84. The maximum absolute atomic E-state index is 13.6. The van der Waals surface area contributed by atoms with Crippen LogP contribution in [0.15, 0.2) is 36.4 Å². The number of carbonyl (C=O) groups excluding carboxylic acids is 4. The van der Waals surface area contributed by atoms with Crippen molar-refractivity contribution in [2.24, 2.45) is 5.92 Å². The number of nitrogens with one attached hydrogen (secondary N) is 5. The first-order chi connectivity index (χ1) is 27.0. The minimum Gasteiger partial charge on any atom is -0.453 e. The standard InChI is InChI=1S/C39H46N8O6.C3H8/c1-23(2)34(46-39(51)53-4)37(49)47-19-7-8-31(47)36-44-29-17-14-26-20-24(12-15-27(26)35(29)45-36)10-11-25-13-16-28-30(21-25)43-32(42-28)9-5-6-18-40-33(48)22-41-38(50)52-3;1-3-2/h12-13,15-16,20-21,23,31,34H,5-9,14,17-19,22H2,1-4H3,(H,40,48)(H,41,50)(H,42,43)(H,44,45)(H,46,51);3H2,1-2H3. The van der Waals surface area contributed by atoms with Crippen molar-refractivity contribution in [2.75, 3.05) is 33.9 Å². The van der Waals surface area contributed by atoms with Crippen LogP contribution in [0.25, 0.3) is 22.3 Å². The molecule has 1 aliphatic carbocycles. The second kappa shape index (κ2) is 19.7. The van der Waals surface area contributed by atoms with Gasteiger partial charge in [0.05, 0.1) is 43.5 Å². The number of aryl methyl sites for hydroxylation is 3. The van der Waals surface area contributed by atoms with E-state index < -0.39 is 18.2 Å². The summed E-state index contributed by atoms with van der Waals surface area (Å²) >= 11 is 0. The zero-order chi connectivity index (χ0) is 40.2. The summed E-state index contributed by atoms with van der Waals surface area (Å²) in [7, 11) is 2.54. The molecule has 2 unspecified atom stereocenters. The van der Waals surface area contributed by atoms with Gasteiger partial charge in [0.25, 0.3) is 0 Å². The Labute approximate surface area is 328 Å². The summed E-state index contributed by atoms with van der Waals surface area (Å²) in [6, 6.07) is 11.3. The van der Waals surface area contributed by atoms with Crippen molar-refractivity contribution in [1.82, 2.24) is 40.8 Å². The molecule has 2 aromatic carbocycles. The highest BCUT2D eigenvalue weighted by atomic mass is 16.5. The Morgan fingerprint density at radius 3 is 2.39 bits per heavy atom. The van der Waals surface area contributed by atoms with Crippen LogP contribution in [0, 0.1) is 17.8 Å². The number of benzene rings is 2. The number of imidazole rings is 2. The molecule has 0 saturated carbocycles. The van der Waals surface area contributed by atoms with Crippen LogP contribution >= 0.6 is 0 Å². The first-order valence-electron chi connectivity index (χ1n) is 19.5. The molecule has 2 aromatic heterocycles. The Kier molecular flexibility index (Phi) is 14.5. The maximum Gasteiger partial charge on any atom is 0.407 e. The van der Waals surface area contributed by atoms with Crippen LogP contribution in [0.1, 0.15) is 99.9 Å². The Morgan fingerprint density at radius 1 is 0.929 bits per heavy atom. The van der Waals surface area contributed by atoms with Gasteiger partial charge in [0.1, 0.15) is 17.7 Å². The van der Waals surface area contributed by atoms with Gasteiger partial charge in [-0.2, -0.15) is 0 Å². The van der Waals surface area contributed by atoms with E-state index in [0.717, 1.165) is 95.7 Å². The van der Waals surface area contributed by atoms with Crippen molar-refractivity contribution >= 4 is 35.0 Å². The van der Waals surface area contributed by atoms with Crippen LogP contribution in [0.3, 0.4) is 0 Å². The van der Waals surface area contributed by atoms with E-state index in [0.29, 0.717) is 13.1 Å². The number of rotatable bonds is 11. The molecule has 5 N–H and O–H groups in total. The van der Waals surface area contributed by atoms with Gasteiger partial charge in [-0.15, -0.1) is 0 Å². The quantitative estimate of drug-likeness (QED) is 0.0951. The Balaban J connectivity index is 0.00000194. The molecule has 1 saturated heterocycles. The van der Waals surface area contributed by atoms with Crippen LogP contribution in [-0.4, -0.2) is 88.7 Å². The van der Waals surface area contributed by atoms with Gasteiger partial charge in [-0.3, -0.25) is 9.59 Å². The number of amides is 4. The number of nitrogens with zero attached hydrogens (tertiary/aromatic N) is 3. The fourth-order valence-corrected chi connectivity index (χ4v) is 6.89. The van der Waals surface area contributed by atoms with Gasteiger partial charge in [-0.25, -0.2) is 19.6 Å². The van der Waals surface area contributed by atoms with Gasteiger partial charge in [-0.05, 0) is 80.3 Å². The molecule has 4 aromatic rings. The number of H-pyrrole nitrogens is 2. The van der Waals surface area contributed by atoms with Crippen molar-refractivity contribution < 1.29 is 28.7 Å². The van der Waals surface area contributed by atoms with Gasteiger partial charge in [-0.1, -0.05) is 52.0 Å². The van der Waals surface area contributed by atoms with Gasteiger partial charge in [0.2, 0.25) is 11.8 Å². The van der Waals surface area contributed by atoms with E-state index in [2.05, 4.69) is 68.5 Å². The highest BCUT2D eigenvalue weighted by Gasteiger charge is 2.38. The first-order valence-corrected chi connectivity index (χ1v) is 19.5. The summed E-state index contributed by atoms with van der Waals surface area (Å²) < 4.78 is 9.23. The van der Waals surface area contributed by atoms with Crippen molar-refractivity contribution in [3.63, 3.8) is 0 Å². The van der Waals surface area contributed by atoms with E-state index in [1.807, 2.05) is 43.0 Å². The lowest BCUT2D eigenvalue weighted by atomic mass is 9.91. The number of aromatic nitrogens is 4. The number of likely N-dealkylation sites (tertiary alicyclic amines) is 1. The summed E-state index contributed by atoms with van der Waals surface area (Å²) in [5.41, 5.74) is 7.86. The molecule has 0 radical (unpaired) electrons. The van der Waals surface area contributed by atoms with Crippen molar-refractivity contribution in [2.45, 2.75) is 91.1 Å². The van der Waals surface area contributed by atoms with Gasteiger partial charge in [0.15, 0.2) is 0 Å². The van der Waals surface area contributed by atoms with Gasteiger partial charge >= 0.3 is 12.2 Å². The normalized spacial score (nSPS) is 14.7. The zero-order valence-corrected chi connectivity index (χ0v) is 33.3. The average molecular weight is 767 g/mol. The van der Waals surface area contributed by atoms with E-state index in [9.17, 15) is 19.2 Å². The number of alkyl carbamates (subject to hydrolysis) is 2. The van der Waals surface area contributed by atoms with E-state index >= 15 is 0 Å². The number of aromatic amines is 2. The lowest BCUT2D eigenvalue weighted by Gasteiger charge is -2.30. The second-order valence-corrected chi connectivity index (χ2v) is 14.4. The summed E-state index contributed by atoms with van der Waals surface area (Å²) in [5.74, 6) is 7.81. The topological polar surface area (TPSA) is 183 Å². The van der Waals surface area contributed by atoms with Crippen LogP contribution in [-0.2, 0) is 38.3 Å². The number of methoxy groups -OCH3 is 2. The maximum atomic E-state index is 13.6. The molecular weight excluding hydrogens is 713 g/mol. The smallest absolute Gasteiger partial charge is 0.407 e. The molecule has 4 amide bonds. The monoisotopic (exact) mass is 766 g/mol. The number of fused-ring (bicyclic) bond motifs is 4. The third-order valence-corrected chi connectivity index (χ3v) is 9.67. The molecule has 2 aliphatic rings. The third kappa shape index (κ3) is 10.5. The largest absolute Gasteiger partial charge is 0.453 e. The van der Waals surface area contributed by atoms with Crippen LogP contribution < -0.4 is 16.0 Å². The molecule has 14 heteroatoms. The van der Waals surface area contributed by atoms with Crippen molar-refractivity contribution in [3.05, 3.63) is 70.4 Å². The number of hydrogen-bond acceptors (Lipinski definition) is 8. The summed E-state index contributed by atoms with van der Waals surface area (Å²) in [5, 5.41) is 7.84. The molecule has 0 bridgehead atoms. The van der Waals surface area contributed by atoms with E-state index in [1.54, 1.807) is 0 Å². The summed E-state index contributed by atoms with van der Waals surface area (Å²) in [4.78, 5) is 67.0. The Morgan fingerprint density at radius 2 is 1.66 bits per heavy atom. The zero-order valence-electron chi connectivity index (χ0n) is 33.3. The molecule has 1 fully saturated rings.